The second kappa shape index (κ2) is 6.65. The molecule has 0 N–H and O–H groups in total. The average Bonchev–Trinajstić information content (AvgIpc) is 2.35. The Balaban J connectivity index is 3.23. The highest BCUT2D eigenvalue weighted by Crippen LogP contribution is 2.30. The quantitative estimate of drug-likeness (QED) is 0.617. The first-order chi connectivity index (χ1) is 9.30. The van der Waals surface area contributed by atoms with E-state index >= 15 is 0 Å². The number of nitrogens with zero attached hydrogens (tertiary/aromatic N) is 1. The Bertz CT molecular complexity index is 493. The molecule has 0 spiro atoms. The minimum absolute atomic E-state index is 0.00505. The zero-order chi connectivity index (χ0) is 15.3. The second-order valence-electron chi connectivity index (χ2n) is 3.52. The third-order valence-electron chi connectivity index (χ3n) is 2.26. The van der Waals surface area contributed by atoms with Crippen molar-refractivity contribution in [3.63, 3.8) is 0 Å². The van der Waals surface area contributed by atoms with Crippen molar-refractivity contribution in [2.24, 2.45) is 0 Å². The predicted molar refractivity (Wildman–Crippen MR) is 62.7 cm³/mol. The summed E-state index contributed by atoms with van der Waals surface area (Å²) in [6.45, 7) is 0. The molecule has 1 rings (SSSR count). The molecule has 5 nitrogen and oxygen atoms in total. The summed E-state index contributed by atoms with van der Waals surface area (Å²) in [4.78, 5) is 14.9. The monoisotopic (exact) mass is 313 g/mol. The van der Waals surface area contributed by atoms with Crippen LogP contribution in [0.1, 0.15) is 11.3 Å². The standard InChI is InChI=1S/C11H11ClF3NO4/c1-18-8-4-9(20-11(13,14)15)16-7(6(8)5-12)3-10(17)19-2/h4H,3,5H2,1-2H3. The van der Waals surface area contributed by atoms with Crippen LogP contribution in [0.25, 0.3) is 0 Å². The summed E-state index contributed by atoms with van der Waals surface area (Å²) in [5.74, 6) is -1.44. The van der Waals surface area contributed by atoms with Gasteiger partial charge >= 0.3 is 12.3 Å². The van der Waals surface area contributed by atoms with E-state index in [1.165, 1.54) is 7.11 Å². The molecular weight excluding hydrogens is 303 g/mol. The molecule has 0 aliphatic heterocycles. The Labute approximate surface area is 117 Å². The zero-order valence-corrected chi connectivity index (χ0v) is 11.3. The maximum Gasteiger partial charge on any atom is 0.574 e. The van der Waals surface area contributed by atoms with Crippen LogP contribution in [0.4, 0.5) is 13.2 Å². The molecule has 0 saturated carbocycles. The Morgan fingerprint density at radius 2 is 2.05 bits per heavy atom. The van der Waals surface area contributed by atoms with E-state index in [1.54, 1.807) is 0 Å². The molecule has 0 amide bonds. The van der Waals surface area contributed by atoms with Gasteiger partial charge in [0.2, 0.25) is 5.88 Å². The summed E-state index contributed by atoms with van der Waals surface area (Å²) in [5.41, 5.74) is 0.305. The van der Waals surface area contributed by atoms with Gasteiger partial charge in [0.05, 0.1) is 32.2 Å². The molecule has 9 heteroatoms. The van der Waals surface area contributed by atoms with Gasteiger partial charge in [-0.2, -0.15) is 0 Å². The molecule has 0 aliphatic carbocycles. The van der Waals surface area contributed by atoms with Crippen molar-refractivity contribution in [2.75, 3.05) is 14.2 Å². The summed E-state index contributed by atoms with van der Waals surface area (Å²) in [7, 11) is 2.40. The number of ether oxygens (including phenoxy) is 3. The van der Waals surface area contributed by atoms with Gasteiger partial charge in [0.25, 0.3) is 0 Å². The fourth-order valence-corrected chi connectivity index (χ4v) is 1.71. The van der Waals surface area contributed by atoms with Crippen molar-refractivity contribution >= 4 is 17.6 Å². The van der Waals surface area contributed by atoms with E-state index in [0.29, 0.717) is 5.56 Å². The van der Waals surface area contributed by atoms with Gasteiger partial charge in [-0.25, -0.2) is 4.98 Å². The number of halogens is 4. The third kappa shape index (κ3) is 4.44. The molecule has 1 aromatic heterocycles. The van der Waals surface area contributed by atoms with Crippen LogP contribution in [0, 0.1) is 0 Å². The molecule has 0 aliphatic rings. The number of hydrogen-bond donors (Lipinski definition) is 0. The molecule has 0 unspecified atom stereocenters. The highest BCUT2D eigenvalue weighted by molar-refractivity contribution is 6.17. The van der Waals surface area contributed by atoms with E-state index in [9.17, 15) is 18.0 Å². The lowest BCUT2D eigenvalue weighted by molar-refractivity contribution is -0.276. The van der Waals surface area contributed by atoms with Gasteiger partial charge in [-0.05, 0) is 0 Å². The van der Waals surface area contributed by atoms with Gasteiger partial charge in [0.15, 0.2) is 0 Å². The maximum absolute atomic E-state index is 12.2. The topological polar surface area (TPSA) is 57.7 Å². The maximum atomic E-state index is 12.2. The minimum atomic E-state index is -4.90. The van der Waals surface area contributed by atoms with Crippen LogP contribution in [-0.4, -0.2) is 31.5 Å². The SMILES string of the molecule is COC(=O)Cc1nc(OC(F)(F)F)cc(OC)c1CCl. The lowest BCUT2D eigenvalue weighted by atomic mass is 10.1. The summed E-state index contributed by atoms with van der Waals surface area (Å²) in [5, 5.41) is 0. The van der Waals surface area contributed by atoms with Gasteiger partial charge in [-0.15, -0.1) is 24.8 Å². The zero-order valence-electron chi connectivity index (χ0n) is 10.6. The van der Waals surface area contributed by atoms with E-state index in [-0.39, 0.29) is 23.7 Å². The molecule has 0 saturated heterocycles. The second-order valence-corrected chi connectivity index (χ2v) is 3.79. The minimum Gasteiger partial charge on any atom is -0.496 e. The normalized spacial score (nSPS) is 11.1. The van der Waals surface area contributed by atoms with E-state index in [1.807, 2.05) is 0 Å². The van der Waals surface area contributed by atoms with Crippen molar-refractivity contribution in [2.45, 2.75) is 18.7 Å². The van der Waals surface area contributed by atoms with Crippen LogP contribution in [0.15, 0.2) is 6.07 Å². The van der Waals surface area contributed by atoms with E-state index in [2.05, 4.69) is 14.5 Å². The summed E-state index contributed by atoms with van der Waals surface area (Å²) >= 11 is 5.69. The summed E-state index contributed by atoms with van der Waals surface area (Å²) < 4.78 is 49.7. The number of esters is 1. The van der Waals surface area contributed by atoms with Gasteiger partial charge in [0, 0.05) is 11.6 Å². The number of carbonyl (C=O) groups is 1. The first kappa shape index (κ1) is 16.4. The molecule has 0 aromatic carbocycles. The van der Waals surface area contributed by atoms with Crippen LogP contribution in [0.2, 0.25) is 0 Å². The molecule has 0 atom stereocenters. The highest BCUT2D eigenvalue weighted by Gasteiger charge is 2.32. The van der Waals surface area contributed by atoms with Gasteiger partial charge < -0.3 is 14.2 Å². The molecular formula is C11H11ClF3NO4. The fourth-order valence-electron chi connectivity index (χ4n) is 1.43. The van der Waals surface area contributed by atoms with Crippen molar-refractivity contribution < 1.29 is 32.2 Å². The number of carbonyl (C=O) groups excluding carboxylic acids is 1. The van der Waals surface area contributed by atoms with Crippen LogP contribution in [0.5, 0.6) is 11.6 Å². The van der Waals surface area contributed by atoms with Crippen molar-refractivity contribution in [3.8, 4) is 11.6 Å². The average molecular weight is 314 g/mol. The van der Waals surface area contributed by atoms with Gasteiger partial charge in [-0.1, -0.05) is 0 Å². The van der Waals surface area contributed by atoms with Crippen molar-refractivity contribution in [1.29, 1.82) is 0 Å². The fraction of sp³-hybridized carbons (Fsp3) is 0.455. The molecule has 112 valence electrons. The van der Waals surface area contributed by atoms with Gasteiger partial charge in [0.1, 0.15) is 5.75 Å². The van der Waals surface area contributed by atoms with Crippen molar-refractivity contribution in [1.82, 2.24) is 4.98 Å². The Hall–Kier alpha value is -1.70. The van der Waals surface area contributed by atoms with E-state index in [0.717, 1.165) is 13.2 Å². The van der Waals surface area contributed by atoms with Crippen LogP contribution >= 0.6 is 11.6 Å². The molecule has 0 fully saturated rings. The summed E-state index contributed by atoms with van der Waals surface area (Å²) in [6, 6.07) is 0.950. The first-order valence-corrected chi connectivity index (χ1v) is 5.79. The Morgan fingerprint density at radius 3 is 2.50 bits per heavy atom. The first-order valence-electron chi connectivity index (χ1n) is 5.26. The lowest BCUT2D eigenvalue weighted by Crippen LogP contribution is -2.19. The third-order valence-corrected chi connectivity index (χ3v) is 2.53. The van der Waals surface area contributed by atoms with E-state index < -0.39 is 18.2 Å². The number of pyridine rings is 1. The summed E-state index contributed by atoms with van der Waals surface area (Å²) in [6.07, 6.45) is -5.24. The van der Waals surface area contributed by atoms with Crippen LogP contribution in [-0.2, 0) is 21.8 Å². The Morgan fingerprint density at radius 1 is 1.40 bits per heavy atom. The number of methoxy groups -OCH3 is 2. The largest absolute Gasteiger partial charge is 0.574 e. The molecule has 0 bridgehead atoms. The number of aromatic nitrogens is 1. The van der Waals surface area contributed by atoms with Crippen molar-refractivity contribution in [3.05, 3.63) is 17.3 Å². The number of hydrogen-bond acceptors (Lipinski definition) is 5. The van der Waals surface area contributed by atoms with E-state index in [4.69, 9.17) is 16.3 Å². The molecule has 0 radical (unpaired) electrons. The molecule has 1 heterocycles. The smallest absolute Gasteiger partial charge is 0.496 e. The van der Waals surface area contributed by atoms with Crippen LogP contribution < -0.4 is 9.47 Å². The van der Waals surface area contributed by atoms with Gasteiger partial charge in [-0.3, -0.25) is 4.79 Å². The highest BCUT2D eigenvalue weighted by atomic mass is 35.5. The lowest BCUT2D eigenvalue weighted by Gasteiger charge is -2.14. The Kier molecular flexibility index (Phi) is 5.43. The molecule has 20 heavy (non-hydrogen) atoms. The predicted octanol–water partition coefficient (Wildman–Crippen LogP) is 2.44. The van der Waals surface area contributed by atoms with Crippen LogP contribution in [0.3, 0.4) is 0 Å². The molecule has 1 aromatic rings. The number of alkyl halides is 4. The number of rotatable bonds is 5.